The first kappa shape index (κ1) is 12.6. The van der Waals surface area contributed by atoms with Crippen LogP contribution in [0.2, 0.25) is 0 Å². The lowest BCUT2D eigenvalue weighted by Crippen LogP contribution is -2.31. The zero-order chi connectivity index (χ0) is 11.3. The number of rotatable bonds is 5. The van der Waals surface area contributed by atoms with Crippen LogP contribution in [-0.4, -0.2) is 29.8 Å². The summed E-state index contributed by atoms with van der Waals surface area (Å²) in [6, 6.07) is 11.2. The van der Waals surface area contributed by atoms with Crippen molar-refractivity contribution in [3.8, 4) is 0 Å². The quantitative estimate of drug-likeness (QED) is 0.703. The van der Waals surface area contributed by atoms with Crippen LogP contribution in [0, 0.1) is 0 Å². The van der Waals surface area contributed by atoms with E-state index in [0.717, 1.165) is 6.54 Å². The molecule has 0 N–H and O–H groups in total. The Bertz CT molecular complexity index is 271. The van der Waals surface area contributed by atoms with Crippen LogP contribution in [0.5, 0.6) is 0 Å². The highest BCUT2D eigenvalue weighted by atomic mass is 32.2. The average molecular weight is 223 g/mol. The molecule has 0 aromatic heterocycles. The number of thioether (sulfide) groups is 1. The number of nitrogens with zero attached hydrogens (tertiary/aromatic N) is 1. The molecule has 1 nitrogen and oxygen atoms in total. The molecule has 0 fully saturated rings. The molecule has 0 aliphatic rings. The fourth-order valence-corrected chi connectivity index (χ4v) is 2.47. The molecule has 1 aromatic rings. The molecule has 0 saturated heterocycles. The van der Waals surface area contributed by atoms with Crippen molar-refractivity contribution >= 4 is 11.8 Å². The fraction of sp³-hybridized carbons (Fsp3) is 0.538. The van der Waals surface area contributed by atoms with Gasteiger partial charge in [0.05, 0.1) is 0 Å². The van der Waals surface area contributed by atoms with E-state index in [1.165, 1.54) is 4.90 Å². The van der Waals surface area contributed by atoms with E-state index in [-0.39, 0.29) is 0 Å². The zero-order valence-electron chi connectivity index (χ0n) is 10.1. The van der Waals surface area contributed by atoms with E-state index in [4.69, 9.17) is 0 Å². The molecule has 0 radical (unpaired) electrons. The summed E-state index contributed by atoms with van der Waals surface area (Å²) in [5.74, 6) is 0. The number of hydrogen-bond acceptors (Lipinski definition) is 2. The highest BCUT2D eigenvalue weighted by Gasteiger charge is 2.09. The molecule has 0 aliphatic carbocycles. The Morgan fingerprint density at radius 1 is 1.13 bits per heavy atom. The van der Waals surface area contributed by atoms with Gasteiger partial charge in [-0.2, -0.15) is 0 Å². The second-order valence-corrected chi connectivity index (χ2v) is 5.79. The van der Waals surface area contributed by atoms with Crippen molar-refractivity contribution in [1.82, 2.24) is 4.90 Å². The molecule has 15 heavy (non-hydrogen) atoms. The maximum absolute atomic E-state index is 2.39. The molecule has 2 heteroatoms. The average Bonchev–Trinajstić information content (AvgIpc) is 2.18. The second kappa shape index (κ2) is 6.19. The van der Waals surface area contributed by atoms with Crippen LogP contribution in [-0.2, 0) is 0 Å². The molecule has 1 atom stereocenters. The van der Waals surface area contributed by atoms with Crippen molar-refractivity contribution in [2.45, 2.75) is 37.0 Å². The summed E-state index contributed by atoms with van der Waals surface area (Å²) in [7, 11) is 2.19. The summed E-state index contributed by atoms with van der Waals surface area (Å²) < 4.78 is 0. The molecule has 0 aliphatic heterocycles. The van der Waals surface area contributed by atoms with Crippen LogP contribution in [0.4, 0.5) is 0 Å². The van der Waals surface area contributed by atoms with E-state index >= 15 is 0 Å². The third kappa shape index (κ3) is 4.72. The summed E-state index contributed by atoms with van der Waals surface area (Å²) in [5, 5.41) is 0.639. The van der Waals surface area contributed by atoms with Crippen LogP contribution in [0.3, 0.4) is 0 Å². The van der Waals surface area contributed by atoms with E-state index in [2.05, 4.69) is 63.1 Å². The number of benzene rings is 1. The van der Waals surface area contributed by atoms with E-state index in [1.54, 1.807) is 0 Å². The van der Waals surface area contributed by atoms with Crippen molar-refractivity contribution in [2.24, 2.45) is 0 Å². The lowest BCUT2D eigenvalue weighted by molar-refractivity contribution is 0.278. The third-order valence-corrected chi connectivity index (χ3v) is 3.60. The van der Waals surface area contributed by atoms with Gasteiger partial charge in [-0.05, 0) is 33.0 Å². The van der Waals surface area contributed by atoms with Gasteiger partial charge in [0.1, 0.15) is 0 Å². The van der Waals surface area contributed by atoms with Crippen LogP contribution in [0.1, 0.15) is 20.8 Å². The SMILES string of the molecule is CC(CN(C)C(C)C)Sc1ccccc1. The maximum atomic E-state index is 2.39. The van der Waals surface area contributed by atoms with Crippen LogP contribution in [0.15, 0.2) is 35.2 Å². The Kier molecular flexibility index (Phi) is 5.20. The molecule has 0 amide bonds. The first-order chi connectivity index (χ1) is 7.09. The van der Waals surface area contributed by atoms with Crippen LogP contribution in [0.25, 0.3) is 0 Å². The van der Waals surface area contributed by atoms with Gasteiger partial charge in [-0.15, -0.1) is 11.8 Å². The molecule has 84 valence electrons. The number of hydrogen-bond donors (Lipinski definition) is 0. The Morgan fingerprint density at radius 3 is 2.27 bits per heavy atom. The normalized spacial score (nSPS) is 13.5. The first-order valence-corrected chi connectivity index (χ1v) is 6.39. The molecule has 0 saturated carbocycles. The zero-order valence-corrected chi connectivity index (χ0v) is 10.9. The highest BCUT2D eigenvalue weighted by molar-refractivity contribution is 8.00. The van der Waals surface area contributed by atoms with Crippen LogP contribution >= 0.6 is 11.8 Å². The lowest BCUT2D eigenvalue weighted by atomic mass is 10.3. The van der Waals surface area contributed by atoms with Gasteiger partial charge in [0.15, 0.2) is 0 Å². The summed E-state index contributed by atoms with van der Waals surface area (Å²) >= 11 is 1.95. The molecule has 0 heterocycles. The van der Waals surface area contributed by atoms with Crippen molar-refractivity contribution in [2.75, 3.05) is 13.6 Å². The minimum absolute atomic E-state index is 0.629. The van der Waals surface area contributed by atoms with E-state index in [0.29, 0.717) is 11.3 Å². The van der Waals surface area contributed by atoms with Gasteiger partial charge in [0, 0.05) is 22.7 Å². The second-order valence-electron chi connectivity index (χ2n) is 4.27. The maximum Gasteiger partial charge on any atom is 0.0193 e. The highest BCUT2D eigenvalue weighted by Crippen LogP contribution is 2.23. The molecule has 1 unspecified atom stereocenters. The van der Waals surface area contributed by atoms with Gasteiger partial charge in [-0.3, -0.25) is 0 Å². The van der Waals surface area contributed by atoms with Gasteiger partial charge in [-0.25, -0.2) is 0 Å². The topological polar surface area (TPSA) is 3.24 Å². The Hall–Kier alpha value is -0.470. The van der Waals surface area contributed by atoms with Crippen molar-refractivity contribution in [1.29, 1.82) is 0 Å². The minimum Gasteiger partial charge on any atom is -0.303 e. The molecule has 0 bridgehead atoms. The summed E-state index contributed by atoms with van der Waals surface area (Å²) in [4.78, 5) is 3.75. The first-order valence-electron chi connectivity index (χ1n) is 5.51. The minimum atomic E-state index is 0.629. The largest absolute Gasteiger partial charge is 0.303 e. The third-order valence-electron chi connectivity index (χ3n) is 2.51. The monoisotopic (exact) mass is 223 g/mol. The summed E-state index contributed by atoms with van der Waals surface area (Å²) in [5.41, 5.74) is 0. The van der Waals surface area contributed by atoms with E-state index in [1.807, 2.05) is 11.8 Å². The van der Waals surface area contributed by atoms with Crippen molar-refractivity contribution in [3.05, 3.63) is 30.3 Å². The van der Waals surface area contributed by atoms with Gasteiger partial charge in [0.25, 0.3) is 0 Å². The summed E-state index contributed by atoms with van der Waals surface area (Å²) in [6.07, 6.45) is 0. The lowest BCUT2D eigenvalue weighted by Gasteiger charge is -2.24. The molecule has 0 spiro atoms. The molecule has 1 rings (SSSR count). The molecular weight excluding hydrogens is 202 g/mol. The van der Waals surface area contributed by atoms with Crippen molar-refractivity contribution in [3.63, 3.8) is 0 Å². The van der Waals surface area contributed by atoms with Gasteiger partial charge in [-0.1, -0.05) is 25.1 Å². The Balaban J connectivity index is 2.39. The Morgan fingerprint density at radius 2 is 1.73 bits per heavy atom. The van der Waals surface area contributed by atoms with Gasteiger partial charge in [0.2, 0.25) is 0 Å². The standard InChI is InChI=1S/C13H21NS/c1-11(2)14(4)10-12(3)15-13-8-6-5-7-9-13/h5-9,11-12H,10H2,1-4H3. The van der Waals surface area contributed by atoms with Gasteiger partial charge >= 0.3 is 0 Å². The molecule has 1 aromatic carbocycles. The van der Waals surface area contributed by atoms with Gasteiger partial charge < -0.3 is 4.90 Å². The fourth-order valence-electron chi connectivity index (χ4n) is 1.39. The summed E-state index contributed by atoms with van der Waals surface area (Å²) in [6.45, 7) is 7.90. The smallest absolute Gasteiger partial charge is 0.0193 e. The van der Waals surface area contributed by atoms with E-state index < -0.39 is 0 Å². The molecular formula is C13H21NS. The van der Waals surface area contributed by atoms with Crippen molar-refractivity contribution < 1.29 is 0 Å². The van der Waals surface area contributed by atoms with E-state index in [9.17, 15) is 0 Å². The Labute approximate surface area is 97.9 Å². The predicted octanol–water partition coefficient (Wildman–Crippen LogP) is 3.51. The van der Waals surface area contributed by atoms with Crippen LogP contribution < -0.4 is 0 Å². The predicted molar refractivity (Wildman–Crippen MR) is 69.5 cm³/mol.